The molecule has 0 spiro atoms. The number of H-pyrrole nitrogens is 1. The summed E-state index contributed by atoms with van der Waals surface area (Å²) in [5, 5.41) is 1.03. The van der Waals surface area contributed by atoms with Gasteiger partial charge in [-0.3, -0.25) is 0 Å². The Balaban J connectivity index is 1.90. The van der Waals surface area contributed by atoms with Crippen LogP contribution in [-0.4, -0.2) is 35.6 Å². The number of hydrogen-bond acceptors (Lipinski definition) is 5. The number of aromatic nitrogens is 2. The van der Waals surface area contributed by atoms with Crippen LogP contribution < -0.4 is 9.64 Å². The number of fused-ring (bicyclic) bond motifs is 2. The Labute approximate surface area is 218 Å². The van der Waals surface area contributed by atoms with Gasteiger partial charge in [0.15, 0.2) is 11.3 Å². The van der Waals surface area contributed by atoms with Crippen molar-refractivity contribution >= 4 is 22.6 Å². The number of anilines is 1. The number of pyridine rings is 1. The predicted octanol–water partition coefficient (Wildman–Crippen LogP) is 6.78. The van der Waals surface area contributed by atoms with E-state index in [-0.39, 0.29) is 5.92 Å². The van der Waals surface area contributed by atoms with Gasteiger partial charge in [-0.25, -0.2) is 9.78 Å². The highest BCUT2D eigenvalue weighted by molar-refractivity contribution is 5.97. The number of esters is 1. The van der Waals surface area contributed by atoms with E-state index in [2.05, 4.69) is 72.9 Å². The van der Waals surface area contributed by atoms with Crippen LogP contribution in [0.4, 0.5) is 5.69 Å². The van der Waals surface area contributed by atoms with Gasteiger partial charge in [0.1, 0.15) is 5.75 Å². The Morgan fingerprint density at radius 3 is 2.54 bits per heavy atom. The maximum absolute atomic E-state index is 13.4. The van der Waals surface area contributed by atoms with Crippen LogP contribution in [0.1, 0.15) is 79.8 Å². The summed E-state index contributed by atoms with van der Waals surface area (Å²) in [5.74, 6) is 0.493. The molecule has 1 aliphatic heterocycles. The van der Waals surface area contributed by atoms with E-state index in [1.54, 1.807) is 6.20 Å². The zero-order valence-corrected chi connectivity index (χ0v) is 22.3. The number of benzene rings is 2. The molecule has 37 heavy (non-hydrogen) atoms. The minimum absolute atomic E-state index is 0.212. The number of nitrogens with zero attached hydrogens (tertiary/aromatic N) is 2. The number of para-hydroxylation sites is 1. The molecule has 0 radical (unpaired) electrons. The van der Waals surface area contributed by atoms with Crippen LogP contribution in [-0.2, 0) is 10.3 Å². The molecule has 6 nitrogen and oxygen atoms in total. The Kier molecular flexibility index (Phi) is 6.67. The monoisotopic (exact) mass is 497 g/mol. The minimum atomic E-state index is -1.20. The van der Waals surface area contributed by atoms with Gasteiger partial charge in [-0.15, -0.1) is 0 Å². The van der Waals surface area contributed by atoms with Crippen molar-refractivity contribution in [2.75, 3.05) is 24.6 Å². The first kappa shape index (κ1) is 24.9. The van der Waals surface area contributed by atoms with Crippen LogP contribution in [0.25, 0.3) is 10.9 Å². The lowest BCUT2D eigenvalue weighted by molar-refractivity contribution is 0.0242. The maximum atomic E-state index is 13.4. The van der Waals surface area contributed by atoms with Crippen molar-refractivity contribution < 1.29 is 14.3 Å². The third kappa shape index (κ3) is 3.86. The molecule has 192 valence electrons. The molecule has 1 aliphatic rings. The van der Waals surface area contributed by atoms with Crippen LogP contribution in [0, 0.1) is 0 Å². The normalized spacial score (nSPS) is 17.5. The highest BCUT2D eigenvalue weighted by Crippen LogP contribution is 2.53. The molecule has 5 rings (SSSR count). The summed E-state index contributed by atoms with van der Waals surface area (Å²) >= 11 is 0. The Hall–Kier alpha value is -3.80. The third-order valence-electron chi connectivity index (χ3n) is 7.59. The van der Waals surface area contributed by atoms with E-state index in [1.165, 1.54) is 0 Å². The molecule has 0 amide bonds. The van der Waals surface area contributed by atoms with Crippen molar-refractivity contribution in [3.63, 3.8) is 0 Å². The molecule has 0 fully saturated rings. The molecule has 2 atom stereocenters. The summed E-state index contributed by atoms with van der Waals surface area (Å²) in [4.78, 5) is 23.8. The average molecular weight is 498 g/mol. The number of carbonyl (C=O) groups excluding carboxylic acids is 1. The summed E-state index contributed by atoms with van der Waals surface area (Å²) in [7, 11) is 0. The van der Waals surface area contributed by atoms with Crippen molar-refractivity contribution in [2.24, 2.45) is 0 Å². The van der Waals surface area contributed by atoms with Crippen molar-refractivity contribution in [3.05, 3.63) is 88.9 Å². The molecule has 0 saturated heterocycles. The van der Waals surface area contributed by atoms with Crippen molar-refractivity contribution in [1.29, 1.82) is 0 Å². The molecule has 4 aromatic rings. The van der Waals surface area contributed by atoms with Crippen molar-refractivity contribution in [1.82, 2.24) is 9.97 Å². The van der Waals surface area contributed by atoms with Gasteiger partial charge in [0, 0.05) is 64.3 Å². The standard InChI is InChI=1S/C31H35N3O3/c1-6-20(5)28-27(22-13-10-11-15-25(22)33-28)31(24-14-12-18-32-29(24)30(35)37-31)23-17-16-21(34(7-2)8-3)19-26(23)36-9-4/h10-20,33H,6-9H2,1-5H3. The van der Waals surface area contributed by atoms with Gasteiger partial charge < -0.3 is 19.4 Å². The fraction of sp³-hybridized carbons (Fsp3) is 0.355. The van der Waals surface area contributed by atoms with E-state index in [0.29, 0.717) is 18.1 Å². The van der Waals surface area contributed by atoms with Gasteiger partial charge in [-0.2, -0.15) is 0 Å². The van der Waals surface area contributed by atoms with E-state index in [0.717, 1.165) is 58.5 Å². The van der Waals surface area contributed by atoms with Crippen LogP contribution in [0.15, 0.2) is 60.8 Å². The predicted molar refractivity (Wildman–Crippen MR) is 148 cm³/mol. The summed E-state index contributed by atoms with van der Waals surface area (Å²) < 4.78 is 12.8. The van der Waals surface area contributed by atoms with E-state index < -0.39 is 11.6 Å². The first-order valence-corrected chi connectivity index (χ1v) is 13.3. The average Bonchev–Trinajstić information content (AvgIpc) is 3.46. The lowest BCUT2D eigenvalue weighted by atomic mass is 9.77. The Morgan fingerprint density at radius 1 is 1.03 bits per heavy atom. The smallest absolute Gasteiger partial charge is 0.358 e. The van der Waals surface area contributed by atoms with E-state index in [4.69, 9.17) is 9.47 Å². The van der Waals surface area contributed by atoms with E-state index >= 15 is 0 Å². The zero-order valence-electron chi connectivity index (χ0n) is 22.3. The van der Waals surface area contributed by atoms with Crippen LogP contribution in [0.5, 0.6) is 5.75 Å². The van der Waals surface area contributed by atoms with Gasteiger partial charge >= 0.3 is 5.97 Å². The SMILES string of the molecule is CCOc1cc(N(CC)CC)ccc1C1(c2c(C(C)CC)[nH]c3ccccc23)OC(=O)c2ncccc21. The summed E-state index contributed by atoms with van der Waals surface area (Å²) in [6.45, 7) is 12.9. The quantitative estimate of drug-likeness (QED) is 0.258. The Morgan fingerprint density at radius 2 is 1.81 bits per heavy atom. The second kappa shape index (κ2) is 9.92. The van der Waals surface area contributed by atoms with E-state index in [9.17, 15) is 4.79 Å². The summed E-state index contributed by atoms with van der Waals surface area (Å²) in [6.07, 6.45) is 2.58. The van der Waals surface area contributed by atoms with Crippen LogP contribution >= 0.6 is 0 Å². The zero-order chi connectivity index (χ0) is 26.2. The molecule has 2 unspecified atom stereocenters. The molecule has 1 N–H and O–H groups in total. The fourth-order valence-electron chi connectivity index (χ4n) is 5.59. The summed E-state index contributed by atoms with van der Waals surface area (Å²) in [6, 6.07) is 18.3. The molecular formula is C31H35N3O3. The number of cyclic esters (lactones) is 1. The molecule has 6 heteroatoms. The van der Waals surface area contributed by atoms with Gasteiger partial charge in [0.25, 0.3) is 0 Å². The Bertz CT molecular complexity index is 1440. The number of nitrogens with one attached hydrogen (secondary N) is 1. The van der Waals surface area contributed by atoms with Gasteiger partial charge in [0.2, 0.25) is 0 Å². The highest BCUT2D eigenvalue weighted by Gasteiger charge is 2.53. The number of hydrogen-bond donors (Lipinski definition) is 1. The lowest BCUT2D eigenvalue weighted by Gasteiger charge is -2.33. The number of aromatic amines is 1. The third-order valence-corrected chi connectivity index (χ3v) is 7.59. The fourth-order valence-corrected chi connectivity index (χ4v) is 5.59. The molecule has 0 aliphatic carbocycles. The molecule has 3 heterocycles. The van der Waals surface area contributed by atoms with Gasteiger partial charge in [-0.1, -0.05) is 38.1 Å². The number of rotatable bonds is 9. The number of ether oxygens (including phenoxy) is 2. The van der Waals surface area contributed by atoms with Crippen LogP contribution in [0.2, 0.25) is 0 Å². The van der Waals surface area contributed by atoms with Crippen LogP contribution in [0.3, 0.4) is 0 Å². The molecule has 0 bridgehead atoms. The second-order valence-electron chi connectivity index (χ2n) is 9.52. The maximum Gasteiger partial charge on any atom is 0.358 e. The lowest BCUT2D eigenvalue weighted by Crippen LogP contribution is -2.32. The van der Waals surface area contributed by atoms with Crippen molar-refractivity contribution in [3.8, 4) is 5.75 Å². The van der Waals surface area contributed by atoms with Crippen molar-refractivity contribution in [2.45, 2.75) is 52.6 Å². The van der Waals surface area contributed by atoms with E-state index in [1.807, 2.05) is 31.2 Å². The highest BCUT2D eigenvalue weighted by atomic mass is 16.6. The topological polar surface area (TPSA) is 67.4 Å². The second-order valence-corrected chi connectivity index (χ2v) is 9.52. The summed E-state index contributed by atoms with van der Waals surface area (Å²) in [5.41, 5.74) is 4.79. The largest absolute Gasteiger partial charge is 0.493 e. The van der Waals surface area contributed by atoms with Gasteiger partial charge in [-0.05, 0) is 57.4 Å². The molecule has 2 aromatic carbocycles. The molecule has 0 saturated carbocycles. The minimum Gasteiger partial charge on any atom is -0.493 e. The first-order chi connectivity index (χ1) is 18.0. The number of carbonyl (C=O) groups is 1. The van der Waals surface area contributed by atoms with Gasteiger partial charge in [0.05, 0.1) is 6.61 Å². The molecular weight excluding hydrogens is 462 g/mol. The molecule has 2 aromatic heterocycles. The first-order valence-electron chi connectivity index (χ1n) is 13.3.